The molecule has 0 saturated heterocycles. The molecular formula is C15H22N2O3S. The molecule has 6 heteroatoms. The van der Waals surface area contributed by atoms with Gasteiger partial charge in [0.25, 0.3) is 5.91 Å². The van der Waals surface area contributed by atoms with Crippen LogP contribution in [-0.2, 0) is 4.79 Å². The van der Waals surface area contributed by atoms with Crippen molar-refractivity contribution in [1.82, 2.24) is 5.32 Å². The summed E-state index contributed by atoms with van der Waals surface area (Å²) in [7, 11) is 0. The van der Waals surface area contributed by atoms with Crippen LogP contribution in [0.15, 0.2) is 12.1 Å². The zero-order chi connectivity index (χ0) is 15.3. The molecule has 0 aliphatic heterocycles. The fourth-order valence-corrected chi connectivity index (χ4v) is 3.62. The maximum atomic E-state index is 12.1. The Kier molecular flexibility index (Phi) is 5.36. The lowest BCUT2D eigenvalue weighted by Gasteiger charge is -2.35. The van der Waals surface area contributed by atoms with E-state index in [1.54, 1.807) is 12.1 Å². The summed E-state index contributed by atoms with van der Waals surface area (Å²) in [4.78, 5) is 23.7. The van der Waals surface area contributed by atoms with E-state index in [0.29, 0.717) is 16.4 Å². The number of amides is 2. The van der Waals surface area contributed by atoms with Crippen molar-refractivity contribution in [3.63, 3.8) is 0 Å². The maximum Gasteiger partial charge on any atom is 0.261 e. The molecule has 0 aromatic carbocycles. The van der Waals surface area contributed by atoms with Gasteiger partial charge in [0.05, 0.1) is 16.5 Å². The SMILES string of the molecule is CC(=O)Nc1ccc(C(=O)NCC2(CO)CCCCC2)s1. The summed E-state index contributed by atoms with van der Waals surface area (Å²) in [5.74, 6) is -0.291. The fourth-order valence-electron chi connectivity index (χ4n) is 2.75. The van der Waals surface area contributed by atoms with Gasteiger partial charge < -0.3 is 15.7 Å². The lowest BCUT2D eigenvalue weighted by Crippen LogP contribution is -2.41. The Labute approximate surface area is 128 Å². The average Bonchev–Trinajstić information content (AvgIpc) is 2.93. The summed E-state index contributed by atoms with van der Waals surface area (Å²) in [6, 6.07) is 3.43. The summed E-state index contributed by atoms with van der Waals surface area (Å²) in [6.45, 7) is 2.07. The van der Waals surface area contributed by atoms with Crippen molar-refractivity contribution in [3.05, 3.63) is 17.0 Å². The zero-order valence-electron chi connectivity index (χ0n) is 12.3. The number of aliphatic hydroxyl groups is 1. The standard InChI is InChI=1S/C15H22N2O3S/c1-11(19)17-13-6-5-12(21-13)14(20)16-9-15(10-18)7-3-2-4-8-15/h5-6,18H,2-4,7-10H2,1H3,(H,16,20)(H,17,19). The van der Waals surface area contributed by atoms with E-state index >= 15 is 0 Å². The second-order valence-electron chi connectivity index (χ2n) is 5.75. The molecular weight excluding hydrogens is 288 g/mol. The summed E-state index contributed by atoms with van der Waals surface area (Å²) in [6.07, 6.45) is 5.36. The van der Waals surface area contributed by atoms with Crippen LogP contribution in [0.4, 0.5) is 5.00 Å². The Morgan fingerprint density at radius 3 is 2.62 bits per heavy atom. The number of thiophene rings is 1. The number of nitrogens with one attached hydrogen (secondary N) is 2. The Morgan fingerprint density at radius 1 is 1.29 bits per heavy atom. The monoisotopic (exact) mass is 310 g/mol. The topological polar surface area (TPSA) is 78.4 Å². The number of hydrogen-bond donors (Lipinski definition) is 3. The number of hydrogen-bond acceptors (Lipinski definition) is 4. The van der Waals surface area contributed by atoms with Gasteiger partial charge in [-0.25, -0.2) is 0 Å². The molecule has 1 aliphatic rings. The largest absolute Gasteiger partial charge is 0.396 e. The Hall–Kier alpha value is -1.40. The van der Waals surface area contributed by atoms with E-state index in [1.807, 2.05) is 0 Å². The van der Waals surface area contributed by atoms with Crippen molar-refractivity contribution in [3.8, 4) is 0 Å². The molecule has 0 unspecified atom stereocenters. The van der Waals surface area contributed by atoms with E-state index in [-0.39, 0.29) is 23.8 Å². The van der Waals surface area contributed by atoms with Gasteiger partial charge in [-0.05, 0) is 25.0 Å². The summed E-state index contributed by atoms with van der Waals surface area (Å²) in [5.41, 5.74) is -0.161. The van der Waals surface area contributed by atoms with Crippen LogP contribution in [0.5, 0.6) is 0 Å². The minimum atomic E-state index is -0.161. The van der Waals surface area contributed by atoms with Crippen molar-refractivity contribution >= 4 is 28.2 Å². The van der Waals surface area contributed by atoms with Crippen LogP contribution in [0, 0.1) is 5.41 Å². The van der Waals surface area contributed by atoms with Gasteiger partial charge in [-0.15, -0.1) is 11.3 Å². The van der Waals surface area contributed by atoms with Crippen molar-refractivity contribution in [2.45, 2.75) is 39.0 Å². The Balaban J connectivity index is 1.91. The second kappa shape index (κ2) is 7.04. The molecule has 21 heavy (non-hydrogen) atoms. The predicted molar refractivity (Wildman–Crippen MR) is 83.6 cm³/mol. The van der Waals surface area contributed by atoms with Gasteiger partial charge in [0.15, 0.2) is 0 Å². The van der Waals surface area contributed by atoms with Gasteiger partial charge in [-0.3, -0.25) is 9.59 Å². The van der Waals surface area contributed by atoms with Crippen molar-refractivity contribution < 1.29 is 14.7 Å². The van der Waals surface area contributed by atoms with E-state index in [4.69, 9.17) is 0 Å². The first-order valence-electron chi connectivity index (χ1n) is 7.31. The molecule has 0 bridgehead atoms. The van der Waals surface area contributed by atoms with Crippen LogP contribution in [0.3, 0.4) is 0 Å². The zero-order valence-corrected chi connectivity index (χ0v) is 13.1. The van der Waals surface area contributed by atoms with Crippen LogP contribution < -0.4 is 10.6 Å². The smallest absolute Gasteiger partial charge is 0.261 e. The number of carbonyl (C=O) groups excluding carboxylic acids is 2. The highest BCUT2D eigenvalue weighted by molar-refractivity contribution is 7.18. The van der Waals surface area contributed by atoms with Crippen LogP contribution in [-0.4, -0.2) is 30.1 Å². The van der Waals surface area contributed by atoms with E-state index in [0.717, 1.165) is 25.7 Å². The number of rotatable bonds is 5. The lowest BCUT2D eigenvalue weighted by molar-refractivity contribution is -0.114. The van der Waals surface area contributed by atoms with Gasteiger partial charge in [-0.1, -0.05) is 19.3 Å². The number of aliphatic hydroxyl groups excluding tert-OH is 1. The van der Waals surface area contributed by atoms with E-state index < -0.39 is 0 Å². The van der Waals surface area contributed by atoms with E-state index in [1.165, 1.54) is 24.7 Å². The molecule has 1 saturated carbocycles. The average molecular weight is 310 g/mol. The second-order valence-corrected chi connectivity index (χ2v) is 6.83. The summed E-state index contributed by atoms with van der Waals surface area (Å²) < 4.78 is 0. The first-order valence-corrected chi connectivity index (χ1v) is 8.13. The Morgan fingerprint density at radius 2 is 2.00 bits per heavy atom. The lowest BCUT2D eigenvalue weighted by atomic mass is 9.74. The fraction of sp³-hybridized carbons (Fsp3) is 0.600. The first-order chi connectivity index (χ1) is 10.0. The highest BCUT2D eigenvalue weighted by Crippen LogP contribution is 2.35. The quantitative estimate of drug-likeness (QED) is 0.781. The van der Waals surface area contributed by atoms with Crippen LogP contribution >= 0.6 is 11.3 Å². The van der Waals surface area contributed by atoms with Crippen molar-refractivity contribution in [1.29, 1.82) is 0 Å². The minimum absolute atomic E-state index is 0.120. The highest BCUT2D eigenvalue weighted by atomic mass is 32.1. The van der Waals surface area contributed by atoms with Gasteiger partial charge in [0.1, 0.15) is 0 Å². The molecule has 1 heterocycles. The normalized spacial score (nSPS) is 17.2. The molecule has 3 N–H and O–H groups in total. The maximum absolute atomic E-state index is 12.1. The highest BCUT2D eigenvalue weighted by Gasteiger charge is 2.31. The number of anilines is 1. The Bertz CT molecular complexity index is 507. The van der Waals surface area contributed by atoms with Crippen LogP contribution in [0.2, 0.25) is 0 Å². The van der Waals surface area contributed by atoms with Crippen molar-refractivity contribution in [2.24, 2.45) is 5.41 Å². The molecule has 0 spiro atoms. The van der Waals surface area contributed by atoms with Crippen molar-refractivity contribution in [2.75, 3.05) is 18.5 Å². The van der Waals surface area contributed by atoms with Gasteiger partial charge >= 0.3 is 0 Å². The molecule has 1 fully saturated rings. The molecule has 2 amide bonds. The number of carbonyl (C=O) groups is 2. The predicted octanol–water partition coefficient (Wildman–Crippen LogP) is 2.38. The van der Waals surface area contributed by atoms with E-state index in [2.05, 4.69) is 10.6 Å². The molecule has 5 nitrogen and oxygen atoms in total. The van der Waals surface area contributed by atoms with Crippen LogP contribution in [0.1, 0.15) is 48.7 Å². The molecule has 2 rings (SSSR count). The molecule has 1 aromatic heterocycles. The summed E-state index contributed by atoms with van der Waals surface area (Å²) >= 11 is 1.26. The third-order valence-corrected chi connectivity index (χ3v) is 5.00. The molecule has 0 radical (unpaired) electrons. The first kappa shape index (κ1) is 16.0. The van der Waals surface area contributed by atoms with E-state index in [9.17, 15) is 14.7 Å². The molecule has 116 valence electrons. The van der Waals surface area contributed by atoms with Gasteiger partial charge in [0.2, 0.25) is 5.91 Å². The molecule has 0 atom stereocenters. The summed E-state index contributed by atoms with van der Waals surface area (Å²) in [5, 5.41) is 15.9. The molecule has 1 aliphatic carbocycles. The van der Waals surface area contributed by atoms with Crippen LogP contribution in [0.25, 0.3) is 0 Å². The minimum Gasteiger partial charge on any atom is -0.396 e. The third kappa shape index (κ3) is 4.28. The van der Waals surface area contributed by atoms with Gasteiger partial charge in [0, 0.05) is 18.9 Å². The van der Waals surface area contributed by atoms with Gasteiger partial charge in [-0.2, -0.15) is 0 Å². The third-order valence-electron chi connectivity index (χ3n) is 4.00. The molecule has 1 aromatic rings.